The van der Waals surface area contributed by atoms with Crippen LogP contribution in [0.4, 0.5) is 9.52 Å². The van der Waals surface area contributed by atoms with Crippen LogP contribution < -0.4 is 5.32 Å². The number of benzene rings is 1. The van der Waals surface area contributed by atoms with E-state index in [1.54, 1.807) is 25.1 Å². The molecule has 0 atom stereocenters. The van der Waals surface area contributed by atoms with Crippen molar-refractivity contribution in [3.63, 3.8) is 0 Å². The van der Waals surface area contributed by atoms with E-state index in [0.717, 1.165) is 5.01 Å². The maximum Gasteiger partial charge on any atom is 0.259 e. The summed E-state index contributed by atoms with van der Waals surface area (Å²) < 4.78 is 18.5. The summed E-state index contributed by atoms with van der Waals surface area (Å²) in [4.78, 5) is 17.4. The predicted octanol–water partition coefficient (Wildman–Crippen LogP) is 4.56. The predicted molar refractivity (Wildman–Crippen MR) is 104 cm³/mol. The van der Waals surface area contributed by atoms with Gasteiger partial charge in [0.2, 0.25) is 5.13 Å². The quantitative estimate of drug-likeness (QED) is 0.542. The third-order valence-corrected chi connectivity index (χ3v) is 5.30. The molecule has 7 nitrogen and oxygen atoms in total. The monoisotopic (exact) mass is 397 g/mol. The Kier molecular flexibility index (Phi) is 4.60. The third-order valence-electron chi connectivity index (χ3n) is 4.16. The van der Waals surface area contributed by atoms with Crippen molar-refractivity contribution in [3.8, 4) is 11.3 Å². The van der Waals surface area contributed by atoms with Gasteiger partial charge in [-0.05, 0) is 37.3 Å². The molecule has 0 aliphatic heterocycles. The number of hydrogen-bond donors (Lipinski definition) is 1. The second-order valence-corrected chi connectivity index (χ2v) is 7.57. The van der Waals surface area contributed by atoms with Gasteiger partial charge in [-0.2, -0.15) is 0 Å². The molecule has 0 unspecified atom stereocenters. The van der Waals surface area contributed by atoms with Crippen molar-refractivity contribution in [2.24, 2.45) is 0 Å². The summed E-state index contributed by atoms with van der Waals surface area (Å²) in [5.41, 5.74) is 2.28. The average molecular weight is 397 g/mol. The zero-order valence-corrected chi connectivity index (χ0v) is 16.2. The molecule has 1 aromatic carbocycles. The van der Waals surface area contributed by atoms with E-state index < -0.39 is 0 Å². The Morgan fingerprint density at radius 2 is 1.96 bits per heavy atom. The van der Waals surface area contributed by atoms with Crippen molar-refractivity contribution in [1.29, 1.82) is 0 Å². The lowest BCUT2D eigenvalue weighted by Crippen LogP contribution is -2.13. The molecule has 0 saturated heterocycles. The first-order chi connectivity index (χ1) is 13.4. The Hall–Kier alpha value is -3.20. The summed E-state index contributed by atoms with van der Waals surface area (Å²) in [6.07, 6.45) is 0. The number of halogens is 1. The fourth-order valence-electron chi connectivity index (χ4n) is 2.73. The third kappa shape index (κ3) is 3.36. The van der Waals surface area contributed by atoms with Gasteiger partial charge in [-0.3, -0.25) is 10.1 Å². The lowest BCUT2D eigenvalue weighted by molar-refractivity contribution is 0.102. The molecule has 3 aromatic heterocycles. The number of hydrogen-bond acceptors (Lipinski definition) is 7. The lowest BCUT2D eigenvalue weighted by atomic mass is 10.1. The number of fused-ring (bicyclic) bond motifs is 1. The van der Waals surface area contributed by atoms with Gasteiger partial charge < -0.3 is 4.52 Å². The zero-order chi connectivity index (χ0) is 19.8. The van der Waals surface area contributed by atoms with Gasteiger partial charge in [0, 0.05) is 11.5 Å². The van der Waals surface area contributed by atoms with E-state index in [-0.39, 0.29) is 23.4 Å². The van der Waals surface area contributed by atoms with Gasteiger partial charge in [0.25, 0.3) is 11.6 Å². The fraction of sp³-hybridized carbons (Fsp3) is 0.211. The Bertz CT molecular complexity index is 1170. The van der Waals surface area contributed by atoms with Gasteiger partial charge in [0.05, 0.1) is 22.3 Å². The van der Waals surface area contributed by atoms with Gasteiger partial charge in [-0.1, -0.05) is 30.3 Å². The molecule has 0 aliphatic rings. The molecule has 0 spiro atoms. The highest BCUT2D eigenvalue weighted by Gasteiger charge is 2.21. The van der Waals surface area contributed by atoms with Crippen LogP contribution >= 0.6 is 11.3 Å². The van der Waals surface area contributed by atoms with E-state index in [4.69, 9.17) is 4.52 Å². The van der Waals surface area contributed by atoms with Crippen molar-refractivity contribution in [2.75, 3.05) is 5.32 Å². The van der Waals surface area contributed by atoms with Crippen molar-refractivity contribution in [2.45, 2.75) is 26.7 Å². The normalized spacial score (nSPS) is 11.3. The number of pyridine rings is 1. The maximum atomic E-state index is 13.2. The van der Waals surface area contributed by atoms with Gasteiger partial charge in [0.1, 0.15) is 10.8 Å². The largest absolute Gasteiger partial charge is 0.335 e. The lowest BCUT2D eigenvalue weighted by Gasteiger charge is -2.06. The number of carbonyl (C=O) groups is 1. The van der Waals surface area contributed by atoms with Crippen LogP contribution in [0.1, 0.15) is 40.8 Å². The van der Waals surface area contributed by atoms with E-state index in [1.165, 1.54) is 23.5 Å². The molecular formula is C19H16FN5O2S. The highest BCUT2D eigenvalue weighted by Crippen LogP contribution is 2.29. The molecule has 3 heterocycles. The van der Waals surface area contributed by atoms with Crippen LogP contribution in [0.25, 0.3) is 22.4 Å². The van der Waals surface area contributed by atoms with Gasteiger partial charge in [-0.25, -0.2) is 9.37 Å². The number of nitrogens with zero attached hydrogens (tertiary/aromatic N) is 4. The molecular weight excluding hydrogens is 381 g/mol. The first kappa shape index (κ1) is 18.2. The Morgan fingerprint density at radius 3 is 2.64 bits per heavy atom. The van der Waals surface area contributed by atoms with Gasteiger partial charge in [-0.15, -0.1) is 10.2 Å². The van der Waals surface area contributed by atoms with Crippen LogP contribution in [0.15, 0.2) is 34.9 Å². The van der Waals surface area contributed by atoms with E-state index >= 15 is 0 Å². The second kappa shape index (κ2) is 7.08. The van der Waals surface area contributed by atoms with Crippen LogP contribution in [0, 0.1) is 12.7 Å². The SMILES string of the molecule is Cc1noc2nc(-c3ccc(F)cc3)cc(C(=O)Nc3nnc(C(C)C)s3)c12. The highest BCUT2D eigenvalue weighted by molar-refractivity contribution is 7.15. The number of aromatic nitrogens is 4. The maximum absolute atomic E-state index is 13.2. The smallest absolute Gasteiger partial charge is 0.259 e. The average Bonchev–Trinajstić information content (AvgIpc) is 3.29. The van der Waals surface area contributed by atoms with E-state index in [2.05, 4.69) is 25.7 Å². The summed E-state index contributed by atoms with van der Waals surface area (Å²) in [6.45, 7) is 5.76. The number of carbonyl (C=O) groups excluding carboxylic acids is 1. The molecule has 4 rings (SSSR count). The minimum atomic E-state index is -0.367. The summed E-state index contributed by atoms with van der Waals surface area (Å²) in [6, 6.07) is 7.49. The molecule has 0 radical (unpaired) electrons. The van der Waals surface area contributed by atoms with Crippen LogP contribution in [-0.4, -0.2) is 26.2 Å². The number of rotatable bonds is 4. The molecule has 0 bridgehead atoms. The minimum absolute atomic E-state index is 0.223. The molecule has 1 N–H and O–H groups in total. The first-order valence-electron chi connectivity index (χ1n) is 8.60. The Labute approximate surface area is 163 Å². The van der Waals surface area contributed by atoms with Crippen LogP contribution in [0.5, 0.6) is 0 Å². The summed E-state index contributed by atoms with van der Waals surface area (Å²) in [7, 11) is 0. The fourth-order valence-corrected chi connectivity index (χ4v) is 3.47. The first-order valence-corrected chi connectivity index (χ1v) is 9.41. The standard InChI is InChI=1S/C19H16FN5O2S/c1-9(2)18-23-24-19(28-18)22-16(26)13-8-14(11-4-6-12(20)7-5-11)21-17-15(13)10(3)25-27-17/h4-9H,1-3H3,(H,22,24,26). The summed E-state index contributed by atoms with van der Waals surface area (Å²) in [5.74, 6) is -0.495. The summed E-state index contributed by atoms with van der Waals surface area (Å²) >= 11 is 1.33. The Morgan fingerprint density at radius 1 is 1.21 bits per heavy atom. The molecule has 0 aliphatic carbocycles. The number of anilines is 1. The molecule has 0 saturated carbocycles. The molecule has 142 valence electrons. The molecule has 28 heavy (non-hydrogen) atoms. The molecule has 0 fully saturated rings. The second-order valence-electron chi connectivity index (χ2n) is 6.56. The van der Waals surface area contributed by atoms with Crippen LogP contribution in [0.3, 0.4) is 0 Å². The Balaban J connectivity index is 1.76. The van der Waals surface area contributed by atoms with E-state index in [9.17, 15) is 9.18 Å². The zero-order valence-electron chi connectivity index (χ0n) is 15.4. The van der Waals surface area contributed by atoms with Crippen LogP contribution in [-0.2, 0) is 0 Å². The number of nitrogens with one attached hydrogen (secondary N) is 1. The topological polar surface area (TPSA) is 93.8 Å². The van der Waals surface area contributed by atoms with Crippen molar-refractivity contribution in [1.82, 2.24) is 20.3 Å². The van der Waals surface area contributed by atoms with E-state index in [0.29, 0.717) is 33.0 Å². The van der Waals surface area contributed by atoms with Gasteiger partial charge >= 0.3 is 0 Å². The molecule has 1 amide bonds. The van der Waals surface area contributed by atoms with Crippen molar-refractivity contribution < 1.29 is 13.7 Å². The van der Waals surface area contributed by atoms with E-state index in [1.807, 2.05) is 13.8 Å². The van der Waals surface area contributed by atoms with Crippen LogP contribution in [0.2, 0.25) is 0 Å². The van der Waals surface area contributed by atoms with Gasteiger partial charge in [0.15, 0.2) is 0 Å². The molecule has 9 heteroatoms. The summed E-state index contributed by atoms with van der Waals surface area (Å²) in [5, 5.41) is 16.6. The molecule has 4 aromatic rings. The minimum Gasteiger partial charge on any atom is -0.335 e. The van der Waals surface area contributed by atoms with Crippen molar-refractivity contribution in [3.05, 3.63) is 52.4 Å². The highest BCUT2D eigenvalue weighted by atomic mass is 32.1. The number of amides is 1. The number of aryl methyl sites for hydroxylation is 1. The van der Waals surface area contributed by atoms with Crippen molar-refractivity contribution >= 4 is 33.5 Å².